The maximum absolute atomic E-state index is 12.6. The highest BCUT2D eigenvalue weighted by atomic mass is 16.5. The number of amides is 1. The van der Waals surface area contributed by atoms with Crippen LogP contribution in [0.4, 0.5) is 11.6 Å². The first-order valence-corrected chi connectivity index (χ1v) is 10.3. The Morgan fingerprint density at radius 2 is 1.80 bits per heavy atom. The molecule has 0 radical (unpaired) electrons. The molecule has 1 amide bonds. The lowest BCUT2D eigenvalue weighted by molar-refractivity contribution is -0.130. The molecule has 0 saturated heterocycles. The molecule has 3 aromatic rings. The minimum atomic E-state index is -0.629. The van der Waals surface area contributed by atoms with Gasteiger partial charge in [-0.05, 0) is 54.3 Å². The lowest BCUT2D eigenvalue weighted by atomic mass is 10.0. The Kier molecular flexibility index (Phi) is 7.51. The molecule has 6 nitrogen and oxygen atoms in total. The number of hydroxylamine groups is 1. The summed E-state index contributed by atoms with van der Waals surface area (Å²) in [4.78, 5) is 23.5. The number of nitrogens with one attached hydrogen (secondary N) is 1. The fourth-order valence-corrected chi connectivity index (χ4v) is 3.59. The number of aryl methyl sites for hydroxylation is 1. The Bertz CT molecular complexity index is 962. The van der Waals surface area contributed by atoms with Crippen LogP contribution in [-0.2, 0) is 4.79 Å². The first-order valence-electron chi connectivity index (χ1n) is 10.3. The van der Waals surface area contributed by atoms with Gasteiger partial charge in [0.15, 0.2) is 0 Å². The number of hydrogen-bond donors (Lipinski definition) is 2. The third-order valence-corrected chi connectivity index (χ3v) is 5.15. The van der Waals surface area contributed by atoms with E-state index in [2.05, 4.69) is 35.9 Å². The molecular formula is C24H28N4O2. The molecule has 3 rings (SSSR count). The average molecular weight is 405 g/mol. The molecule has 156 valence electrons. The number of carbonyl (C=O) groups is 1. The summed E-state index contributed by atoms with van der Waals surface area (Å²) in [5.41, 5.74) is 5.11. The van der Waals surface area contributed by atoms with Gasteiger partial charge in [-0.2, -0.15) is 0 Å². The summed E-state index contributed by atoms with van der Waals surface area (Å²) in [5, 5.41) is 9.41. The highest BCUT2D eigenvalue weighted by Crippen LogP contribution is 2.31. The van der Waals surface area contributed by atoms with E-state index in [1.54, 1.807) is 12.4 Å². The lowest BCUT2D eigenvalue weighted by Crippen LogP contribution is -2.44. The molecule has 0 aliphatic heterocycles. The Morgan fingerprint density at radius 3 is 2.50 bits per heavy atom. The van der Waals surface area contributed by atoms with Crippen LogP contribution in [0.1, 0.15) is 38.2 Å². The van der Waals surface area contributed by atoms with E-state index < -0.39 is 11.9 Å². The van der Waals surface area contributed by atoms with Gasteiger partial charge in [0.25, 0.3) is 5.91 Å². The Hall–Kier alpha value is -3.25. The number of unbranched alkanes of at least 4 members (excludes halogenated alkanes) is 2. The summed E-state index contributed by atoms with van der Waals surface area (Å²) >= 11 is 0. The van der Waals surface area contributed by atoms with Gasteiger partial charge in [0.2, 0.25) is 0 Å². The number of rotatable bonds is 9. The van der Waals surface area contributed by atoms with Crippen molar-refractivity contribution in [3.8, 4) is 11.1 Å². The van der Waals surface area contributed by atoms with Crippen LogP contribution in [-0.4, -0.2) is 27.1 Å². The number of benzene rings is 1. The zero-order valence-corrected chi connectivity index (χ0v) is 17.5. The molecule has 2 aromatic heterocycles. The number of nitrogens with zero attached hydrogens (tertiary/aromatic N) is 3. The van der Waals surface area contributed by atoms with Crippen LogP contribution >= 0.6 is 0 Å². The topological polar surface area (TPSA) is 78.4 Å². The van der Waals surface area contributed by atoms with Gasteiger partial charge < -0.3 is 0 Å². The van der Waals surface area contributed by atoms with Crippen LogP contribution < -0.4 is 10.4 Å². The van der Waals surface area contributed by atoms with Crippen molar-refractivity contribution >= 4 is 17.5 Å². The largest absolute Gasteiger partial charge is 0.298 e. The lowest BCUT2D eigenvalue weighted by Gasteiger charge is -2.30. The van der Waals surface area contributed by atoms with E-state index in [0.29, 0.717) is 18.1 Å². The second kappa shape index (κ2) is 10.5. The predicted molar refractivity (Wildman–Crippen MR) is 119 cm³/mol. The Balaban J connectivity index is 2.07. The quantitative estimate of drug-likeness (QED) is 0.297. The van der Waals surface area contributed by atoms with Crippen LogP contribution in [0.5, 0.6) is 0 Å². The van der Waals surface area contributed by atoms with E-state index in [1.807, 2.05) is 52.8 Å². The van der Waals surface area contributed by atoms with Crippen LogP contribution in [0.2, 0.25) is 0 Å². The number of hydrogen-bond acceptors (Lipinski definition) is 5. The van der Waals surface area contributed by atoms with Crippen LogP contribution in [0.15, 0.2) is 67.0 Å². The number of anilines is 2. The van der Waals surface area contributed by atoms with Crippen molar-refractivity contribution in [3.05, 3.63) is 72.6 Å². The van der Waals surface area contributed by atoms with Crippen molar-refractivity contribution in [2.75, 3.05) is 4.90 Å². The molecule has 6 heteroatoms. The van der Waals surface area contributed by atoms with E-state index in [-0.39, 0.29) is 0 Å². The van der Waals surface area contributed by atoms with E-state index in [4.69, 9.17) is 0 Å². The maximum atomic E-state index is 12.6. The minimum Gasteiger partial charge on any atom is -0.298 e. The van der Waals surface area contributed by atoms with Gasteiger partial charge >= 0.3 is 0 Å². The smallest absolute Gasteiger partial charge is 0.266 e. The summed E-state index contributed by atoms with van der Waals surface area (Å²) in [6.45, 7) is 4.18. The van der Waals surface area contributed by atoms with Crippen molar-refractivity contribution in [1.29, 1.82) is 0 Å². The van der Waals surface area contributed by atoms with Gasteiger partial charge in [-0.25, -0.2) is 15.4 Å². The van der Waals surface area contributed by atoms with Crippen molar-refractivity contribution in [3.63, 3.8) is 0 Å². The van der Waals surface area contributed by atoms with Gasteiger partial charge in [-0.3, -0.25) is 14.9 Å². The predicted octanol–water partition coefficient (Wildman–Crippen LogP) is 5.04. The van der Waals surface area contributed by atoms with Gasteiger partial charge in [0.1, 0.15) is 17.7 Å². The zero-order chi connectivity index (χ0) is 21.3. The molecule has 1 atom stereocenters. The molecule has 0 aliphatic carbocycles. The third-order valence-electron chi connectivity index (χ3n) is 5.15. The highest BCUT2D eigenvalue weighted by Gasteiger charge is 2.29. The Morgan fingerprint density at radius 1 is 1.03 bits per heavy atom. The fourth-order valence-electron chi connectivity index (χ4n) is 3.59. The first-order chi connectivity index (χ1) is 14.7. The second-order valence-corrected chi connectivity index (χ2v) is 7.26. The molecule has 0 aliphatic rings. The molecule has 2 heterocycles. The second-order valence-electron chi connectivity index (χ2n) is 7.26. The molecule has 30 heavy (non-hydrogen) atoms. The fraction of sp³-hybridized carbons (Fsp3) is 0.292. The molecule has 0 saturated carbocycles. The van der Waals surface area contributed by atoms with E-state index in [9.17, 15) is 10.0 Å². The molecule has 0 spiro atoms. The van der Waals surface area contributed by atoms with E-state index in [1.165, 1.54) is 0 Å². The van der Waals surface area contributed by atoms with Gasteiger partial charge in [-0.1, -0.05) is 56.5 Å². The molecule has 0 bridgehead atoms. The molecular weight excluding hydrogens is 376 g/mol. The minimum absolute atomic E-state index is 0.472. The standard InChI is InChI=1S/C24H28N4O2/c1-3-4-5-12-21(24(29)27-30)28(22-13-8-9-15-25-22)23-17-19(14-16-26-23)20-11-7-6-10-18(20)2/h6-11,13-17,21,30H,3-5,12H2,1-2H3,(H,27,29). The monoisotopic (exact) mass is 404 g/mol. The summed E-state index contributed by atoms with van der Waals surface area (Å²) in [6, 6.07) is 17.0. The first kappa shape index (κ1) is 21.5. The third kappa shape index (κ3) is 5.02. The number of carbonyl (C=O) groups excluding carboxylic acids is 1. The van der Waals surface area contributed by atoms with E-state index >= 15 is 0 Å². The maximum Gasteiger partial charge on any atom is 0.266 e. The summed E-state index contributed by atoms with van der Waals surface area (Å²) < 4.78 is 0. The molecule has 1 aromatic carbocycles. The van der Waals surface area contributed by atoms with Crippen molar-refractivity contribution in [1.82, 2.24) is 15.4 Å². The van der Waals surface area contributed by atoms with Gasteiger partial charge in [-0.15, -0.1) is 0 Å². The summed E-state index contributed by atoms with van der Waals surface area (Å²) in [6.07, 6.45) is 6.91. The zero-order valence-electron chi connectivity index (χ0n) is 17.5. The Labute approximate surface area is 177 Å². The number of pyridine rings is 2. The molecule has 0 fully saturated rings. The van der Waals surface area contributed by atoms with Gasteiger partial charge in [0, 0.05) is 12.4 Å². The summed E-state index contributed by atoms with van der Waals surface area (Å²) in [7, 11) is 0. The number of aromatic nitrogens is 2. The van der Waals surface area contributed by atoms with Gasteiger partial charge in [0.05, 0.1) is 0 Å². The normalized spacial score (nSPS) is 11.7. The highest BCUT2D eigenvalue weighted by molar-refractivity contribution is 5.86. The van der Waals surface area contributed by atoms with E-state index in [0.717, 1.165) is 36.0 Å². The molecule has 2 N–H and O–H groups in total. The van der Waals surface area contributed by atoms with Crippen molar-refractivity contribution < 1.29 is 10.0 Å². The van der Waals surface area contributed by atoms with Crippen molar-refractivity contribution in [2.24, 2.45) is 0 Å². The van der Waals surface area contributed by atoms with Crippen LogP contribution in [0.25, 0.3) is 11.1 Å². The van der Waals surface area contributed by atoms with Crippen molar-refractivity contribution in [2.45, 2.75) is 45.6 Å². The van der Waals surface area contributed by atoms with Crippen LogP contribution in [0.3, 0.4) is 0 Å². The molecule has 1 unspecified atom stereocenters. The van der Waals surface area contributed by atoms with Crippen LogP contribution in [0, 0.1) is 6.92 Å². The average Bonchev–Trinajstić information content (AvgIpc) is 2.79. The SMILES string of the molecule is CCCCCC(C(=O)NO)N(c1ccccn1)c1cc(-c2ccccc2C)ccn1. The summed E-state index contributed by atoms with van der Waals surface area (Å²) in [5.74, 6) is 0.747.